The molecule has 0 radical (unpaired) electrons. The van der Waals surface area contributed by atoms with Gasteiger partial charge in [0.2, 0.25) is 0 Å². The third kappa shape index (κ3) is 2.83. The van der Waals surface area contributed by atoms with Crippen LogP contribution < -0.4 is 11.3 Å². The second-order valence-corrected chi connectivity index (χ2v) is 5.05. The zero-order valence-electron chi connectivity index (χ0n) is 10.7. The standard InChI is InChI=1S/C10H11N9OS/c11-16-9(20)6-3-19(18-17-6)1-2-21-10-7-8(13-4-12-7)14-5-15-10/h3-5H,1-2,11H2,(H,16,20)(H,12,13,14,15). The Hall–Kier alpha value is -2.53. The van der Waals surface area contributed by atoms with Crippen LogP contribution in [0.5, 0.6) is 0 Å². The van der Waals surface area contributed by atoms with Gasteiger partial charge in [0.15, 0.2) is 11.3 Å². The fourth-order valence-electron chi connectivity index (χ4n) is 1.67. The average Bonchev–Trinajstić information content (AvgIpc) is 3.15. The highest BCUT2D eigenvalue weighted by Gasteiger charge is 2.10. The Morgan fingerprint density at radius 1 is 1.43 bits per heavy atom. The number of H-pyrrole nitrogens is 1. The molecule has 3 heterocycles. The molecular weight excluding hydrogens is 294 g/mol. The topological polar surface area (TPSA) is 140 Å². The molecule has 0 atom stereocenters. The van der Waals surface area contributed by atoms with Gasteiger partial charge in [0.1, 0.15) is 16.9 Å². The number of carbonyl (C=O) groups excluding carboxylic acids is 1. The second kappa shape index (κ2) is 5.85. The lowest BCUT2D eigenvalue weighted by Crippen LogP contribution is -2.30. The van der Waals surface area contributed by atoms with Crippen molar-refractivity contribution in [3.8, 4) is 0 Å². The fraction of sp³-hybridized carbons (Fsp3) is 0.200. The van der Waals surface area contributed by atoms with Crippen molar-refractivity contribution in [1.29, 1.82) is 0 Å². The van der Waals surface area contributed by atoms with Crippen LogP contribution in [0, 0.1) is 0 Å². The highest BCUT2D eigenvalue weighted by molar-refractivity contribution is 7.99. The summed E-state index contributed by atoms with van der Waals surface area (Å²) in [6, 6.07) is 0. The van der Waals surface area contributed by atoms with E-state index >= 15 is 0 Å². The predicted molar refractivity (Wildman–Crippen MR) is 74.1 cm³/mol. The minimum Gasteiger partial charge on any atom is -0.341 e. The Labute approximate surface area is 122 Å². The summed E-state index contributed by atoms with van der Waals surface area (Å²) in [6.07, 6.45) is 4.59. The Morgan fingerprint density at radius 3 is 3.19 bits per heavy atom. The van der Waals surface area contributed by atoms with E-state index in [0.29, 0.717) is 17.9 Å². The van der Waals surface area contributed by atoms with Crippen molar-refractivity contribution in [3.05, 3.63) is 24.5 Å². The summed E-state index contributed by atoms with van der Waals surface area (Å²) in [5.74, 6) is 5.27. The summed E-state index contributed by atoms with van der Waals surface area (Å²) in [4.78, 5) is 26.6. The number of aromatic nitrogens is 7. The van der Waals surface area contributed by atoms with Gasteiger partial charge in [0, 0.05) is 5.75 Å². The van der Waals surface area contributed by atoms with E-state index in [-0.39, 0.29) is 5.69 Å². The number of nitrogens with one attached hydrogen (secondary N) is 2. The molecule has 108 valence electrons. The van der Waals surface area contributed by atoms with Gasteiger partial charge in [-0.05, 0) is 0 Å². The summed E-state index contributed by atoms with van der Waals surface area (Å²) < 4.78 is 1.57. The van der Waals surface area contributed by atoms with E-state index in [2.05, 4.69) is 30.2 Å². The Kier molecular flexibility index (Phi) is 3.75. The van der Waals surface area contributed by atoms with Gasteiger partial charge < -0.3 is 4.98 Å². The lowest BCUT2D eigenvalue weighted by atomic mass is 10.5. The van der Waals surface area contributed by atoms with Gasteiger partial charge in [-0.15, -0.1) is 16.9 Å². The molecule has 11 heteroatoms. The van der Waals surface area contributed by atoms with Crippen molar-refractivity contribution in [2.75, 3.05) is 5.75 Å². The van der Waals surface area contributed by atoms with Crippen LogP contribution in [0.15, 0.2) is 23.9 Å². The van der Waals surface area contributed by atoms with Crippen LogP contribution in [0.3, 0.4) is 0 Å². The number of rotatable bonds is 5. The van der Waals surface area contributed by atoms with Crippen molar-refractivity contribution in [3.63, 3.8) is 0 Å². The number of hydrogen-bond donors (Lipinski definition) is 3. The molecule has 0 fully saturated rings. The molecule has 0 spiro atoms. The van der Waals surface area contributed by atoms with Crippen LogP contribution in [0.1, 0.15) is 10.5 Å². The van der Waals surface area contributed by atoms with Gasteiger partial charge in [-0.3, -0.25) is 14.9 Å². The van der Waals surface area contributed by atoms with E-state index < -0.39 is 5.91 Å². The molecule has 0 aliphatic rings. The van der Waals surface area contributed by atoms with Gasteiger partial charge >= 0.3 is 0 Å². The van der Waals surface area contributed by atoms with Crippen molar-refractivity contribution in [2.45, 2.75) is 11.6 Å². The molecule has 1 amide bonds. The van der Waals surface area contributed by atoms with Crippen LogP contribution in [-0.4, -0.2) is 46.6 Å². The number of nitrogens with zero attached hydrogens (tertiary/aromatic N) is 6. The lowest BCUT2D eigenvalue weighted by molar-refractivity contribution is 0.0948. The molecule has 3 aromatic heterocycles. The van der Waals surface area contributed by atoms with Gasteiger partial charge in [-0.2, -0.15) is 0 Å². The number of thioether (sulfide) groups is 1. The van der Waals surface area contributed by atoms with Crippen molar-refractivity contribution in [1.82, 2.24) is 40.4 Å². The molecule has 0 unspecified atom stereocenters. The van der Waals surface area contributed by atoms with Crippen LogP contribution in [-0.2, 0) is 6.54 Å². The van der Waals surface area contributed by atoms with E-state index in [9.17, 15) is 4.79 Å². The maximum absolute atomic E-state index is 11.3. The van der Waals surface area contributed by atoms with Gasteiger partial charge in [0.25, 0.3) is 5.91 Å². The van der Waals surface area contributed by atoms with Gasteiger partial charge in [-0.25, -0.2) is 20.8 Å². The molecule has 0 saturated heterocycles. The average molecular weight is 305 g/mol. The summed E-state index contributed by atoms with van der Waals surface area (Å²) in [6.45, 7) is 0.579. The quantitative estimate of drug-likeness (QED) is 0.185. The Morgan fingerprint density at radius 2 is 2.33 bits per heavy atom. The number of fused-ring (bicyclic) bond motifs is 1. The maximum Gasteiger partial charge on any atom is 0.287 e. The largest absolute Gasteiger partial charge is 0.341 e. The number of aryl methyl sites for hydroxylation is 1. The molecule has 3 aromatic rings. The molecule has 0 saturated carbocycles. The van der Waals surface area contributed by atoms with Crippen molar-refractivity contribution in [2.24, 2.45) is 5.84 Å². The first-order chi connectivity index (χ1) is 10.3. The number of nitrogens with two attached hydrogens (primary N) is 1. The maximum atomic E-state index is 11.3. The normalized spacial score (nSPS) is 10.9. The number of amides is 1. The van der Waals surface area contributed by atoms with Crippen molar-refractivity contribution < 1.29 is 4.79 Å². The fourth-order valence-corrected chi connectivity index (χ4v) is 2.56. The van der Waals surface area contributed by atoms with E-state index in [1.165, 1.54) is 24.3 Å². The number of nitrogen functional groups attached to an aromatic ring is 1. The minimum absolute atomic E-state index is 0.181. The minimum atomic E-state index is -0.469. The molecule has 10 nitrogen and oxygen atoms in total. The first-order valence-corrected chi connectivity index (χ1v) is 6.94. The molecule has 0 bridgehead atoms. The highest BCUT2D eigenvalue weighted by atomic mass is 32.2. The third-order valence-electron chi connectivity index (χ3n) is 2.65. The lowest BCUT2D eigenvalue weighted by Gasteiger charge is -2.01. The number of aromatic amines is 1. The van der Waals surface area contributed by atoms with E-state index in [1.54, 1.807) is 11.0 Å². The molecule has 0 aliphatic carbocycles. The van der Waals surface area contributed by atoms with Crippen LogP contribution in [0.4, 0.5) is 0 Å². The molecular formula is C10H11N9OS. The third-order valence-corrected chi connectivity index (χ3v) is 3.62. The first-order valence-electron chi connectivity index (χ1n) is 5.96. The number of imidazole rings is 1. The summed E-state index contributed by atoms with van der Waals surface area (Å²) in [5, 5.41) is 8.39. The number of hydrazine groups is 1. The first kappa shape index (κ1) is 13.5. The van der Waals surface area contributed by atoms with Gasteiger partial charge in [0.05, 0.1) is 19.1 Å². The van der Waals surface area contributed by atoms with E-state index in [1.807, 2.05) is 5.43 Å². The highest BCUT2D eigenvalue weighted by Crippen LogP contribution is 2.21. The summed E-state index contributed by atoms with van der Waals surface area (Å²) >= 11 is 1.54. The number of hydrogen-bond acceptors (Lipinski definition) is 8. The van der Waals surface area contributed by atoms with Crippen LogP contribution in [0.25, 0.3) is 11.2 Å². The second-order valence-electron chi connectivity index (χ2n) is 3.97. The molecule has 0 aromatic carbocycles. The predicted octanol–water partition coefficient (Wildman–Crippen LogP) is -0.660. The number of carbonyl (C=O) groups is 1. The Balaban J connectivity index is 1.62. The zero-order valence-corrected chi connectivity index (χ0v) is 11.5. The Bertz CT molecular complexity index is 767. The zero-order chi connectivity index (χ0) is 14.7. The summed E-state index contributed by atoms with van der Waals surface area (Å²) in [7, 11) is 0. The SMILES string of the molecule is NNC(=O)c1cn(CCSc2ncnc3nc[nH]c23)nn1. The smallest absolute Gasteiger partial charge is 0.287 e. The monoisotopic (exact) mass is 305 g/mol. The molecule has 0 aliphatic heterocycles. The van der Waals surface area contributed by atoms with Crippen LogP contribution >= 0.6 is 11.8 Å². The summed E-state index contributed by atoms with van der Waals surface area (Å²) in [5.41, 5.74) is 3.63. The molecule has 21 heavy (non-hydrogen) atoms. The molecule has 4 N–H and O–H groups in total. The van der Waals surface area contributed by atoms with Crippen LogP contribution in [0.2, 0.25) is 0 Å². The molecule has 3 rings (SSSR count). The van der Waals surface area contributed by atoms with Crippen molar-refractivity contribution >= 4 is 28.8 Å². The van der Waals surface area contributed by atoms with E-state index in [4.69, 9.17) is 5.84 Å². The van der Waals surface area contributed by atoms with Gasteiger partial charge in [-0.1, -0.05) is 5.21 Å². The van der Waals surface area contributed by atoms with E-state index in [0.717, 1.165) is 10.5 Å².